The molecule has 0 bridgehead atoms. The van der Waals surface area contributed by atoms with Crippen molar-refractivity contribution in [2.24, 2.45) is 13.0 Å². The summed E-state index contributed by atoms with van der Waals surface area (Å²) in [5.74, 6) is -0.110. The number of hydrogen-bond donors (Lipinski definition) is 2. The number of thiophene rings is 1. The van der Waals surface area contributed by atoms with Crippen LogP contribution in [0.4, 0.5) is 5.00 Å². The van der Waals surface area contributed by atoms with Gasteiger partial charge in [-0.1, -0.05) is 13.8 Å². The predicted molar refractivity (Wildman–Crippen MR) is 126 cm³/mol. The molecule has 1 atom stereocenters. The Bertz CT molecular complexity index is 934. The van der Waals surface area contributed by atoms with Crippen LogP contribution in [-0.4, -0.2) is 33.4 Å². The molecule has 0 saturated carbocycles. The van der Waals surface area contributed by atoms with Gasteiger partial charge in [0.15, 0.2) is 5.11 Å². The second-order valence-corrected chi connectivity index (χ2v) is 9.74. The van der Waals surface area contributed by atoms with Crippen molar-refractivity contribution in [3.05, 3.63) is 31.5 Å². The number of esters is 1. The van der Waals surface area contributed by atoms with Gasteiger partial charge in [0.05, 0.1) is 21.9 Å². The molecule has 0 unspecified atom stereocenters. The first-order valence-corrected chi connectivity index (χ1v) is 11.7. The number of nitrogens with zero attached hydrogens (tertiary/aromatic N) is 2. The summed E-state index contributed by atoms with van der Waals surface area (Å²) in [5, 5.41) is 10.6. The minimum absolute atomic E-state index is 0.142. The summed E-state index contributed by atoms with van der Waals surface area (Å²) in [6.07, 6.45) is 5.19. The maximum absolute atomic E-state index is 12.7. The molecule has 1 aliphatic rings. The fourth-order valence-corrected chi connectivity index (χ4v) is 5.67. The van der Waals surface area contributed by atoms with Crippen LogP contribution in [0.5, 0.6) is 0 Å². The van der Waals surface area contributed by atoms with E-state index in [9.17, 15) is 9.59 Å². The minimum atomic E-state index is -0.350. The number of anilines is 1. The number of carbonyl (C=O) groups is 2. The third-order valence-electron chi connectivity index (χ3n) is 4.72. The number of fused-ring (bicyclic) bond motifs is 1. The van der Waals surface area contributed by atoms with Crippen molar-refractivity contribution in [2.75, 3.05) is 11.9 Å². The number of aryl methyl sites for hydroxylation is 1. The van der Waals surface area contributed by atoms with E-state index in [1.807, 2.05) is 6.92 Å². The van der Waals surface area contributed by atoms with Gasteiger partial charge < -0.3 is 10.1 Å². The van der Waals surface area contributed by atoms with E-state index in [1.54, 1.807) is 13.2 Å². The predicted octanol–water partition coefficient (Wildman–Crippen LogP) is 3.90. The van der Waals surface area contributed by atoms with Crippen molar-refractivity contribution in [3.63, 3.8) is 0 Å². The molecule has 0 radical (unpaired) electrons. The number of carbonyl (C=O) groups excluding carboxylic acids is 2. The third kappa shape index (κ3) is 4.97. The molecule has 1 amide bonds. The van der Waals surface area contributed by atoms with Gasteiger partial charge in [0.1, 0.15) is 10.7 Å². The largest absolute Gasteiger partial charge is 0.462 e. The third-order valence-corrected chi connectivity index (χ3v) is 6.88. The molecule has 156 valence electrons. The lowest BCUT2D eigenvalue weighted by atomic mass is 9.88. The van der Waals surface area contributed by atoms with Crippen LogP contribution < -0.4 is 10.6 Å². The van der Waals surface area contributed by atoms with Gasteiger partial charge in [0, 0.05) is 11.9 Å². The van der Waals surface area contributed by atoms with Gasteiger partial charge in [-0.2, -0.15) is 5.10 Å². The van der Waals surface area contributed by atoms with Crippen LogP contribution in [0.3, 0.4) is 0 Å². The molecule has 7 nitrogen and oxygen atoms in total. The van der Waals surface area contributed by atoms with Gasteiger partial charge in [-0.15, -0.1) is 11.3 Å². The quantitative estimate of drug-likeness (QED) is 0.336. The van der Waals surface area contributed by atoms with Gasteiger partial charge in [0.2, 0.25) is 0 Å². The molecule has 10 heteroatoms. The van der Waals surface area contributed by atoms with Crippen LogP contribution in [0.25, 0.3) is 0 Å². The summed E-state index contributed by atoms with van der Waals surface area (Å²) in [7, 11) is 1.70. The number of hydrogen-bond acceptors (Lipinski definition) is 6. The topological polar surface area (TPSA) is 85.2 Å². The fourth-order valence-electron chi connectivity index (χ4n) is 3.28. The van der Waals surface area contributed by atoms with Crippen LogP contribution in [0, 0.1) is 9.49 Å². The number of aromatic nitrogens is 2. The first-order valence-electron chi connectivity index (χ1n) is 9.43. The molecule has 0 saturated heterocycles. The SMILES string of the molecule is CCCOC(=O)c1c(NC(=S)NC(=O)c2c(I)cnn2C)sc2c1CC[C@@H](C)C2. The van der Waals surface area contributed by atoms with Crippen LogP contribution >= 0.6 is 46.1 Å². The lowest BCUT2D eigenvalue weighted by Gasteiger charge is -2.18. The number of thiocarbonyl (C=S) groups is 1. The fraction of sp³-hybridized carbons (Fsp3) is 0.474. The van der Waals surface area contributed by atoms with Gasteiger partial charge in [-0.05, 0) is 72.0 Å². The molecule has 2 aromatic rings. The van der Waals surface area contributed by atoms with Crippen molar-refractivity contribution in [1.82, 2.24) is 15.1 Å². The highest BCUT2D eigenvalue weighted by Gasteiger charge is 2.29. The normalized spacial score (nSPS) is 15.5. The molecule has 3 rings (SSSR count). The van der Waals surface area contributed by atoms with Crippen molar-refractivity contribution >= 4 is 68.1 Å². The monoisotopic (exact) mass is 546 g/mol. The van der Waals surface area contributed by atoms with E-state index >= 15 is 0 Å². The first kappa shape index (κ1) is 22.2. The van der Waals surface area contributed by atoms with E-state index in [-0.39, 0.29) is 17.0 Å². The number of amides is 1. The average Bonchev–Trinajstić information content (AvgIpc) is 3.18. The molecule has 29 heavy (non-hydrogen) atoms. The summed E-state index contributed by atoms with van der Waals surface area (Å²) in [6.45, 7) is 4.55. The van der Waals surface area contributed by atoms with E-state index in [1.165, 1.54) is 20.9 Å². The Balaban J connectivity index is 1.81. The maximum atomic E-state index is 12.7. The maximum Gasteiger partial charge on any atom is 0.341 e. The molecule has 0 spiro atoms. The molecule has 1 aliphatic carbocycles. The summed E-state index contributed by atoms with van der Waals surface area (Å²) in [5.41, 5.74) is 2.03. The Morgan fingerprint density at radius 1 is 1.48 bits per heavy atom. The first-order chi connectivity index (χ1) is 13.8. The summed E-state index contributed by atoms with van der Waals surface area (Å²) < 4.78 is 7.64. The lowest BCUT2D eigenvalue weighted by Crippen LogP contribution is -2.35. The van der Waals surface area contributed by atoms with E-state index in [4.69, 9.17) is 17.0 Å². The van der Waals surface area contributed by atoms with E-state index in [0.29, 0.717) is 28.8 Å². The number of nitrogens with one attached hydrogen (secondary N) is 2. The van der Waals surface area contributed by atoms with E-state index in [2.05, 4.69) is 45.2 Å². The van der Waals surface area contributed by atoms with Crippen LogP contribution in [0.15, 0.2) is 6.20 Å². The van der Waals surface area contributed by atoms with E-state index in [0.717, 1.165) is 34.8 Å². The van der Waals surface area contributed by atoms with Gasteiger partial charge in [-0.25, -0.2) is 4.79 Å². The van der Waals surface area contributed by atoms with Crippen LogP contribution in [-0.2, 0) is 24.6 Å². The summed E-state index contributed by atoms with van der Waals surface area (Å²) in [4.78, 5) is 26.5. The number of halogens is 1. The van der Waals surface area contributed by atoms with Crippen molar-refractivity contribution in [3.8, 4) is 0 Å². The zero-order valence-electron chi connectivity index (χ0n) is 16.5. The molecule has 2 aromatic heterocycles. The zero-order chi connectivity index (χ0) is 21.1. The molecule has 0 fully saturated rings. The van der Waals surface area contributed by atoms with Crippen molar-refractivity contribution in [1.29, 1.82) is 0 Å². The van der Waals surface area contributed by atoms with E-state index < -0.39 is 0 Å². The highest BCUT2D eigenvalue weighted by atomic mass is 127. The molecule has 0 aromatic carbocycles. The zero-order valence-corrected chi connectivity index (χ0v) is 20.3. The molecule has 2 N–H and O–H groups in total. The van der Waals surface area contributed by atoms with Gasteiger partial charge in [-0.3, -0.25) is 14.8 Å². The second kappa shape index (κ2) is 9.52. The second-order valence-electron chi connectivity index (χ2n) is 7.06. The van der Waals surface area contributed by atoms with Crippen LogP contribution in [0.2, 0.25) is 0 Å². The van der Waals surface area contributed by atoms with Crippen LogP contribution in [0.1, 0.15) is 58.0 Å². The Morgan fingerprint density at radius 2 is 2.24 bits per heavy atom. The Kier molecular flexibility index (Phi) is 7.28. The lowest BCUT2D eigenvalue weighted by molar-refractivity contribution is 0.0505. The van der Waals surface area contributed by atoms with Crippen molar-refractivity contribution < 1.29 is 14.3 Å². The molecular formula is C19H23IN4O3S2. The molecule has 2 heterocycles. The number of ether oxygens (including phenoxy) is 1. The minimum Gasteiger partial charge on any atom is -0.462 e. The standard InChI is InChI=1S/C19H23IN4O3S2/c1-4-7-27-18(26)14-11-6-5-10(2)8-13(11)29-17(14)23-19(28)22-16(25)15-12(20)9-21-24(15)3/h9-10H,4-8H2,1-3H3,(H2,22,23,25,28)/t10-/m1/s1. The van der Waals surface area contributed by atoms with Crippen molar-refractivity contribution in [2.45, 2.75) is 39.5 Å². The Labute approximate surface area is 192 Å². The Morgan fingerprint density at radius 3 is 2.90 bits per heavy atom. The summed E-state index contributed by atoms with van der Waals surface area (Å²) in [6, 6.07) is 0. The number of rotatable bonds is 5. The Hall–Kier alpha value is -1.53. The highest BCUT2D eigenvalue weighted by molar-refractivity contribution is 14.1. The van der Waals surface area contributed by atoms with Gasteiger partial charge in [0.25, 0.3) is 5.91 Å². The molecule has 0 aliphatic heterocycles. The molecular weight excluding hydrogens is 523 g/mol. The summed E-state index contributed by atoms with van der Waals surface area (Å²) >= 11 is 8.92. The average molecular weight is 546 g/mol. The highest BCUT2D eigenvalue weighted by Crippen LogP contribution is 2.40. The van der Waals surface area contributed by atoms with Gasteiger partial charge >= 0.3 is 5.97 Å². The smallest absolute Gasteiger partial charge is 0.341 e.